The average molecular weight is 367 g/mol. The Morgan fingerprint density at radius 1 is 0.923 bits per heavy atom. The molecular weight excluding hydrogens is 346 g/mol. The fourth-order valence-electron chi connectivity index (χ4n) is 2.81. The van der Waals surface area contributed by atoms with Crippen molar-refractivity contribution in [1.29, 1.82) is 0 Å². The van der Waals surface area contributed by atoms with Gasteiger partial charge in [0, 0.05) is 0 Å². The Labute approximate surface area is 154 Å². The lowest BCUT2D eigenvalue weighted by Crippen LogP contribution is -2.14. The van der Waals surface area contributed by atoms with Crippen LogP contribution in [0.5, 0.6) is 5.75 Å². The Kier molecular flexibility index (Phi) is 5.28. The second-order valence-electron chi connectivity index (χ2n) is 6.06. The third kappa shape index (κ3) is 4.06. The largest absolute Gasteiger partial charge is 0.496 e. The van der Waals surface area contributed by atoms with Gasteiger partial charge in [0.25, 0.3) is 10.0 Å². The van der Waals surface area contributed by atoms with Gasteiger partial charge in [-0.1, -0.05) is 48.5 Å². The third-order valence-corrected chi connectivity index (χ3v) is 5.54. The van der Waals surface area contributed by atoms with Gasteiger partial charge in [0.1, 0.15) is 5.75 Å². The van der Waals surface area contributed by atoms with Crippen LogP contribution in [0.15, 0.2) is 77.7 Å². The zero-order valence-corrected chi connectivity index (χ0v) is 15.6. The number of methoxy groups -OCH3 is 1. The van der Waals surface area contributed by atoms with E-state index in [-0.39, 0.29) is 4.90 Å². The van der Waals surface area contributed by atoms with Crippen molar-refractivity contribution in [2.75, 3.05) is 11.8 Å². The standard InChI is InChI=1S/C21H21NO3S/c1-16-14-19(12-13-21(16)25-2)26(23,24)22-20-11-7-6-10-18(20)15-17-8-4-3-5-9-17/h3-14,22H,15H2,1-2H3. The molecule has 0 fully saturated rings. The Bertz CT molecular complexity index is 999. The fourth-order valence-corrected chi connectivity index (χ4v) is 4.00. The highest BCUT2D eigenvalue weighted by atomic mass is 32.2. The minimum absolute atomic E-state index is 0.213. The summed E-state index contributed by atoms with van der Waals surface area (Å²) < 4.78 is 33.5. The molecule has 4 nitrogen and oxygen atoms in total. The van der Waals surface area contributed by atoms with Crippen molar-refractivity contribution in [3.8, 4) is 5.75 Å². The molecule has 0 amide bonds. The summed E-state index contributed by atoms with van der Waals surface area (Å²) in [4.78, 5) is 0.213. The molecule has 3 rings (SSSR count). The maximum Gasteiger partial charge on any atom is 0.261 e. The summed E-state index contributed by atoms with van der Waals surface area (Å²) in [7, 11) is -2.12. The minimum atomic E-state index is -3.68. The molecule has 0 saturated carbocycles. The predicted molar refractivity (Wildman–Crippen MR) is 104 cm³/mol. The molecule has 0 aromatic heterocycles. The minimum Gasteiger partial charge on any atom is -0.496 e. The lowest BCUT2D eigenvalue weighted by molar-refractivity contribution is 0.411. The first-order chi connectivity index (χ1) is 12.5. The number of hydrogen-bond donors (Lipinski definition) is 1. The maximum absolute atomic E-state index is 12.8. The normalized spacial score (nSPS) is 11.2. The molecule has 3 aromatic carbocycles. The molecule has 0 unspecified atom stereocenters. The Morgan fingerprint density at radius 3 is 2.31 bits per heavy atom. The van der Waals surface area contributed by atoms with E-state index in [1.165, 1.54) is 0 Å². The van der Waals surface area contributed by atoms with Gasteiger partial charge in [0.15, 0.2) is 0 Å². The van der Waals surface area contributed by atoms with E-state index in [9.17, 15) is 8.42 Å². The Morgan fingerprint density at radius 2 is 1.62 bits per heavy atom. The summed E-state index contributed by atoms with van der Waals surface area (Å²) >= 11 is 0. The molecule has 0 atom stereocenters. The van der Waals surface area contributed by atoms with Crippen LogP contribution in [0.4, 0.5) is 5.69 Å². The van der Waals surface area contributed by atoms with Crippen molar-refractivity contribution in [2.45, 2.75) is 18.2 Å². The van der Waals surface area contributed by atoms with Crippen LogP contribution in [0.1, 0.15) is 16.7 Å². The van der Waals surface area contributed by atoms with Crippen molar-refractivity contribution in [3.05, 3.63) is 89.5 Å². The number of nitrogens with one attached hydrogen (secondary N) is 1. The molecule has 134 valence electrons. The van der Waals surface area contributed by atoms with Gasteiger partial charge in [0.05, 0.1) is 17.7 Å². The highest BCUT2D eigenvalue weighted by Gasteiger charge is 2.17. The molecule has 0 aliphatic heterocycles. The van der Waals surface area contributed by atoms with E-state index in [1.807, 2.05) is 55.5 Å². The van der Waals surface area contributed by atoms with Gasteiger partial charge in [-0.05, 0) is 54.3 Å². The van der Waals surface area contributed by atoms with Crippen molar-refractivity contribution >= 4 is 15.7 Å². The monoisotopic (exact) mass is 367 g/mol. The van der Waals surface area contributed by atoms with E-state index >= 15 is 0 Å². The molecule has 0 spiro atoms. The van der Waals surface area contributed by atoms with Crippen LogP contribution in [0.2, 0.25) is 0 Å². The van der Waals surface area contributed by atoms with Gasteiger partial charge >= 0.3 is 0 Å². The van der Waals surface area contributed by atoms with E-state index in [0.717, 1.165) is 16.7 Å². The Balaban J connectivity index is 1.89. The summed E-state index contributed by atoms with van der Waals surface area (Å²) in [6, 6.07) is 22.2. The molecule has 0 radical (unpaired) electrons. The number of rotatable bonds is 6. The molecule has 1 N–H and O–H groups in total. The number of sulfonamides is 1. The highest BCUT2D eigenvalue weighted by Crippen LogP contribution is 2.25. The number of ether oxygens (including phenoxy) is 1. The lowest BCUT2D eigenvalue weighted by Gasteiger charge is -2.14. The van der Waals surface area contributed by atoms with E-state index in [1.54, 1.807) is 31.4 Å². The summed E-state index contributed by atoms with van der Waals surface area (Å²) in [5.74, 6) is 0.661. The van der Waals surface area contributed by atoms with Crippen LogP contribution in [0.25, 0.3) is 0 Å². The summed E-state index contributed by atoms with van der Waals surface area (Å²) in [5.41, 5.74) is 3.41. The maximum atomic E-state index is 12.8. The number of anilines is 1. The SMILES string of the molecule is COc1ccc(S(=O)(=O)Nc2ccccc2Cc2ccccc2)cc1C. The number of benzene rings is 3. The van der Waals surface area contributed by atoms with E-state index in [4.69, 9.17) is 4.74 Å². The summed E-state index contributed by atoms with van der Waals surface area (Å²) in [6.45, 7) is 1.82. The molecule has 0 bridgehead atoms. The summed E-state index contributed by atoms with van der Waals surface area (Å²) in [5, 5.41) is 0. The number of para-hydroxylation sites is 1. The lowest BCUT2D eigenvalue weighted by atomic mass is 10.0. The third-order valence-electron chi connectivity index (χ3n) is 4.18. The molecule has 0 heterocycles. The molecule has 5 heteroatoms. The Hall–Kier alpha value is -2.79. The second kappa shape index (κ2) is 7.62. The van der Waals surface area contributed by atoms with Crippen LogP contribution < -0.4 is 9.46 Å². The van der Waals surface area contributed by atoms with Gasteiger partial charge < -0.3 is 4.74 Å². The molecule has 0 saturated heterocycles. The van der Waals surface area contributed by atoms with E-state index < -0.39 is 10.0 Å². The van der Waals surface area contributed by atoms with Crippen LogP contribution in [0, 0.1) is 6.92 Å². The van der Waals surface area contributed by atoms with Crippen molar-refractivity contribution in [3.63, 3.8) is 0 Å². The number of hydrogen-bond acceptors (Lipinski definition) is 3. The van der Waals surface area contributed by atoms with Crippen molar-refractivity contribution in [1.82, 2.24) is 0 Å². The van der Waals surface area contributed by atoms with Crippen LogP contribution in [0.3, 0.4) is 0 Å². The zero-order valence-electron chi connectivity index (χ0n) is 14.8. The van der Waals surface area contributed by atoms with Gasteiger partial charge in [-0.25, -0.2) is 8.42 Å². The molecule has 0 aliphatic carbocycles. The van der Waals surface area contributed by atoms with Crippen molar-refractivity contribution < 1.29 is 13.2 Å². The predicted octanol–water partition coefficient (Wildman–Crippen LogP) is 4.40. The average Bonchev–Trinajstić information content (AvgIpc) is 2.64. The number of aryl methyl sites for hydroxylation is 1. The molecular formula is C21H21NO3S. The quantitative estimate of drug-likeness (QED) is 0.703. The van der Waals surface area contributed by atoms with Crippen LogP contribution in [-0.4, -0.2) is 15.5 Å². The summed E-state index contributed by atoms with van der Waals surface area (Å²) in [6.07, 6.45) is 0.654. The van der Waals surface area contributed by atoms with Gasteiger partial charge in [-0.3, -0.25) is 4.72 Å². The first-order valence-electron chi connectivity index (χ1n) is 8.29. The van der Waals surface area contributed by atoms with Gasteiger partial charge in [-0.2, -0.15) is 0 Å². The van der Waals surface area contributed by atoms with E-state index in [2.05, 4.69) is 4.72 Å². The van der Waals surface area contributed by atoms with Gasteiger partial charge in [0.2, 0.25) is 0 Å². The fraction of sp³-hybridized carbons (Fsp3) is 0.143. The zero-order chi connectivity index (χ0) is 18.6. The van der Waals surface area contributed by atoms with E-state index in [0.29, 0.717) is 17.9 Å². The smallest absolute Gasteiger partial charge is 0.261 e. The molecule has 26 heavy (non-hydrogen) atoms. The van der Waals surface area contributed by atoms with Crippen LogP contribution in [-0.2, 0) is 16.4 Å². The topological polar surface area (TPSA) is 55.4 Å². The van der Waals surface area contributed by atoms with Gasteiger partial charge in [-0.15, -0.1) is 0 Å². The van der Waals surface area contributed by atoms with Crippen molar-refractivity contribution in [2.24, 2.45) is 0 Å². The first-order valence-corrected chi connectivity index (χ1v) is 9.77. The van der Waals surface area contributed by atoms with Crippen LogP contribution >= 0.6 is 0 Å². The first kappa shape index (κ1) is 18.0. The highest BCUT2D eigenvalue weighted by molar-refractivity contribution is 7.92. The second-order valence-corrected chi connectivity index (χ2v) is 7.74. The molecule has 3 aromatic rings. The molecule has 0 aliphatic rings.